The maximum atomic E-state index is 12.5. The van der Waals surface area contributed by atoms with Crippen LogP contribution in [0.15, 0.2) is 65.6 Å². The van der Waals surface area contributed by atoms with E-state index in [9.17, 15) is 14.9 Å². The van der Waals surface area contributed by atoms with E-state index < -0.39 is 4.92 Å². The Kier molecular flexibility index (Phi) is 3.62. The second kappa shape index (κ2) is 5.95. The molecule has 122 valence electrons. The average Bonchev–Trinajstić information content (AvgIpc) is 3.16. The Morgan fingerprint density at radius 3 is 2.44 bits per heavy atom. The molecule has 4 rings (SSSR count). The second-order valence-corrected chi connectivity index (χ2v) is 6.42. The molecule has 0 N–H and O–H groups in total. The molecule has 0 radical (unpaired) electrons. The summed E-state index contributed by atoms with van der Waals surface area (Å²) in [6.45, 7) is 0. The largest absolute Gasteiger partial charge is 0.274 e. The number of rotatable bonds is 3. The van der Waals surface area contributed by atoms with Crippen LogP contribution in [0.3, 0.4) is 0 Å². The minimum absolute atomic E-state index is 0.0223. The van der Waals surface area contributed by atoms with Crippen LogP contribution >= 0.6 is 11.3 Å². The molecule has 4 aromatic rings. The van der Waals surface area contributed by atoms with Crippen LogP contribution in [0, 0.1) is 10.1 Å². The number of non-ortho nitro benzene ring substituents is 1. The van der Waals surface area contributed by atoms with Crippen molar-refractivity contribution in [3.8, 4) is 11.3 Å². The topological polar surface area (TPSA) is 77.5 Å². The van der Waals surface area contributed by atoms with E-state index in [4.69, 9.17) is 0 Å². The van der Waals surface area contributed by atoms with E-state index in [2.05, 4.69) is 4.98 Å². The van der Waals surface area contributed by atoms with Gasteiger partial charge in [-0.05, 0) is 23.8 Å². The SMILES string of the molecule is O=c1/c(=C/c2ccccc2)sc2nc(-c3ccc([N+](=O)[O-])cc3)cn12. The molecular weight excluding hydrogens is 338 g/mol. The number of nitro benzene ring substituents is 1. The lowest BCUT2D eigenvalue weighted by molar-refractivity contribution is -0.384. The number of hydrogen-bond donors (Lipinski definition) is 0. The molecule has 25 heavy (non-hydrogen) atoms. The molecule has 0 aliphatic heterocycles. The average molecular weight is 349 g/mol. The van der Waals surface area contributed by atoms with E-state index >= 15 is 0 Å². The van der Waals surface area contributed by atoms with Gasteiger partial charge in [0.25, 0.3) is 11.2 Å². The zero-order valence-electron chi connectivity index (χ0n) is 12.8. The van der Waals surface area contributed by atoms with Crippen LogP contribution < -0.4 is 10.1 Å². The third kappa shape index (κ3) is 2.81. The van der Waals surface area contributed by atoms with Gasteiger partial charge in [-0.25, -0.2) is 4.98 Å². The number of fused-ring (bicyclic) bond motifs is 1. The Labute approximate surface area is 145 Å². The van der Waals surface area contributed by atoms with Gasteiger partial charge in [-0.3, -0.25) is 19.3 Å². The molecule has 0 saturated carbocycles. The zero-order chi connectivity index (χ0) is 17.4. The Bertz CT molecular complexity index is 1180. The van der Waals surface area contributed by atoms with Crippen molar-refractivity contribution >= 4 is 28.1 Å². The molecule has 0 amide bonds. The van der Waals surface area contributed by atoms with Gasteiger partial charge in [0, 0.05) is 23.9 Å². The number of benzene rings is 2. The first-order chi connectivity index (χ1) is 12.1. The number of imidazole rings is 1. The van der Waals surface area contributed by atoms with Crippen molar-refractivity contribution in [2.24, 2.45) is 0 Å². The monoisotopic (exact) mass is 349 g/mol. The van der Waals surface area contributed by atoms with E-state index in [0.717, 1.165) is 11.1 Å². The fraction of sp³-hybridized carbons (Fsp3) is 0. The van der Waals surface area contributed by atoms with Crippen LogP contribution in [0.4, 0.5) is 5.69 Å². The van der Waals surface area contributed by atoms with Gasteiger partial charge in [-0.15, -0.1) is 0 Å². The Morgan fingerprint density at radius 1 is 1.08 bits per heavy atom. The molecule has 0 spiro atoms. The van der Waals surface area contributed by atoms with Crippen LogP contribution in [-0.4, -0.2) is 14.3 Å². The van der Waals surface area contributed by atoms with E-state index in [0.29, 0.717) is 15.2 Å². The number of aromatic nitrogens is 2. The number of nitrogens with zero attached hydrogens (tertiary/aromatic N) is 3. The molecule has 0 aliphatic rings. The fourth-order valence-electron chi connectivity index (χ4n) is 2.53. The maximum Gasteiger partial charge on any atom is 0.274 e. The highest BCUT2D eigenvalue weighted by Gasteiger charge is 2.11. The predicted molar refractivity (Wildman–Crippen MR) is 96.7 cm³/mol. The van der Waals surface area contributed by atoms with Crippen LogP contribution in [0.25, 0.3) is 22.3 Å². The minimum atomic E-state index is -0.447. The van der Waals surface area contributed by atoms with Crippen molar-refractivity contribution in [1.82, 2.24) is 9.38 Å². The Hall–Kier alpha value is -3.32. The highest BCUT2D eigenvalue weighted by atomic mass is 32.1. The maximum absolute atomic E-state index is 12.5. The first-order valence-electron chi connectivity index (χ1n) is 7.45. The number of thiazole rings is 1. The summed E-state index contributed by atoms with van der Waals surface area (Å²) >= 11 is 1.32. The van der Waals surface area contributed by atoms with E-state index in [1.807, 2.05) is 36.4 Å². The number of hydrogen-bond acceptors (Lipinski definition) is 5. The molecule has 0 bridgehead atoms. The van der Waals surface area contributed by atoms with Crippen LogP contribution in [0.1, 0.15) is 5.56 Å². The summed E-state index contributed by atoms with van der Waals surface area (Å²) in [5.41, 5.74) is 2.21. The first-order valence-corrected chi connectivity index (χ1v) is 8.27. The normalized spacial score (nSPS) is 11.9. The quantitative estimate of drug-likeness (QED) is 0.421. The molecule has 0 atom stereocenters. The van der Waals surface area contributed by atoms with Crippen molar-refractivity contribution in [3.63, 3.8) is 0 Å². The van der Waals surface area contributed by atoms with Crippen LogP contribution in [-0.2, 0) is 0 Å². The molecule has 0 saturated heterocycles. The highest BCUT2D eigenvalue weighted by molar-refractivity contribution is 7.15. The lowest BCUT2D eigenvalue weighted by atomic mass is 10.1. The van der Waals surface area contributed by atoms with Gasteiger partial charge in [0.1, 0.15) is 0 Å². The molecule has 0 aliphatic carbocycles. The zero-order valence-corrected chi connectivity index (χ0v) is 13.6. The molecule has 2 aromatic carbocycles. The molecule has 2 heterocycles. The van der Waals surface area contributed by atoms with Gasteiger partial charge in [-0.1, -0.05) is 41.7 Å². The fourth-order valence-corrected chi connectivity index (χ4v) is 3.48. The molecule has 0 fully saturated rings. The first kappa shape index (κ1) is 15.2. The summed E-state index contributed by atoms with van der Waals surface area (Å²) in [4.78, 5) is 27.9. The third-order valence-electron chi connectivity index (χ3n) is 3.78. The van der Waals surface area contributed by atoms with Gasteiger partial charge < -0.3 is 0 Å². The molecular formula is C18H11N3O3S. The van der Waals surface area contributed by atoms with Crippen molar-refractivity contribution in [2.75, 3.05) is 0 Å². The van der Waals surface area contributed by atoms with E-state index in [-0.39, 0.29) is 11.2 Å². The second-order valence-electron chi connectivity index (χ2n) is 5.41. The van der Waals surface area contributed by atoms with Gasteiger partial charge in [-0.2, -0.15) is 0 Å². The smallest absolute Gasteiger partial charge is 0.267 e. The summed E-state index contributed by atoms with van der Waals surface area (Å²) in [6.07, 6.45) is 3.50. The summed E-state index contributed by atoms with van der Waals surface area (Å²) in [5.74, 6) is 0. The van der Waals surface area contributed by atoms with E-state index in [1.54, 1.807) is 18.3 Å². The lowest BCUT2D eigenvalue weighted by Crippen LogP contribution is -2.22. The summed E-state index contributed by atoms with van der Waals surface area (Å²) < 4.78 is 2.12. The standard InChI is InChI=1S/C18H11N3O3S/c22-17-16(10-12-4-2-1-3-5-12)25-18-19-15(11-20(17)18)13-6-8-14(9-7-13)21(23)24/h1-11H/b16-10-. The Balaban J connectivity index is 1.76. The summed E-state index contributed by atoms with van der Waals surface area (Å²) in [6, 6.07) is 15.7. The van der Waals surface area contributed by atoms with Crippen LogP contribution in [0.5, 0.6) is 0 Å². The minimum Gasteiger partial charge on any atom is -0.267 e. The van der Waals surface area contributed by atoms with Crippen molar-refractivity contribution in [2.45, 2.75) is 0 Å². The Morgan fingerprint density at radius 2 is 1.80 bits per heavy atom. The van der Waals surface area contributed by atoms with Gasteiger partial charge >= 0.3 is 0 Å². The molecule has 7 heteroatoms. The van der Waals surface area contributed by atoms with Crippen LogP contribution in [0.2, 0.25) is 0 Å². The summed E-state index contributed by atoms with van der Waals surface area (Å²) in [7, 11) is 0. The van der Waals surface area contributed by atoms with Gasteiger partial charge in [0.2, 0.25) is 0 Å². The van der Waals surface area contributed by atoms with E-state index in [1.165, 1.54) is 27.9 Å². The third-order valence-corrected chi connectivity index (χ3v) is 4.76. The number of nitro groups is 1. The van der Waals surface area contributed by atoms with Gasteiger partial charge in [0.15, 0.2) is 4.96 Å². The predicted octanol–water partition coefficient (Wildman–Crippen LogP) is 2.88. The molecule has 2 aromatic heterocycles. The van der Waals surface area contributed by atoms with Crippen molar-refractivity contribution in [1.29, 1.82) is 0 Å². The summed E-state index contributed by atoms with van der Waals surface area (Å²) in [5, 5.41) is 10.7. The van der Waals surface area contributed by atoms with Gasteiger partial charge in [0.05, 0.1) is 15.1 Å². The highest BCUT2D eigenvalue weighted by Crippen LogP contribution is 2.22. The molecule has 0 unspecified atom stereocenters. The lowest BCUT2D eigenvalue weighted by Gasteiger charge is -1.95. The van der Waals surface area contributed by atoms with Crippen molar-refractivity contribution < 1.29 is 4.92 Å². The molecule has 6 nitrogen and oxygen atoms in total. The van der Waals surface area contributed by atoms with Crippen molar-refractivity contribution in [3.05, 3.63) is 91.4 Å².